The molecule has 0 bridgehead atoms. The zero-order chi connectivity index (χ0) is 12.3. The van der Waals surface area contributed by atoms with E-state index in [4.69, 9.17) is 4.74 Å². The molecule has 0 amide bonds. The third-order valence-electron chi connectivity index (χ3n) is 2.42. The van der Waals surface area contributed by atoms with Gasteiger partial charge in [-0.15, -0.1) is 0 Å². The molecule has 0 unspecified atom stereocenters. The van der Waals surface area contributed by atoms with Gasteiger partial charge in [-0.3, -0.25) is 0 Å². The SMILES string of the molecule is CCC(C)(C)OC(=O)c1cc(O)ccc1O. The number of rotatable bonds is 3. The summed E-state index contributed by atoms with van der Waals surface area (Å²) in [5, 5.41) is 18.7. The number of aromatic hydroxyl groups is 2. The van der Waals surface area contributed by atoms with E-state index in [1.54, 1.807) is 13.8 Å². The van der Waals surface area contributed by atoms with E-state index in [9.17, 15) is 15.0 Å². The van der Waals surface area contributed by atoms with Crippen LogP contribution < -0.4 is 0 Å². The molecule has 0 atom stereocenters. The highest BCUT2D eigenvalue weighted by Crippen LogP contribution is 2.25. The molecule has 2 N–H and O–H groups in total. The van der Waals surface area contributed by atoms with Crippen LogP contribution in [0.2, 0.25) is 0 Å². The highest BCUT2D eigenvalue weighted by atomic mass is 16.6. The summed E-state index contributed by atoms with van der Waals surface area (Å²) in [6.45, 7) is 5.46. The van der Waals surface area contributed by atoms with Gasteiger partial charge >= 0.3 is 5.97 Å². The summed E-state index contributed by atoms with van der Waals surface area (Å²) in [4.78, 5) is 11.7. The molecule has 1 aromatic carbocycles. The standard InChI is InChI=1S/C12H16O4/c1-4-12(2,3)16-11(15)9-7-8(13)5-6-10(9)14/h5-7,13-14H,4H2,1-3H3. The maximum absolute atomic E-state index is 11.7. The van der Waals surface area contributed by atoms with Gasteiger partial charge in [-0.25, -0.2) is 4.79 Å². The van der Waals surface area contributed by atoms with Crippen molar-refractivity contribution >= 4 is 5.97 Å². The van der Waals surface area contributed by atoms with Gasteiger partial charge in [0.1, 0.15) is 22.7 Å². The first-order chi connectivity index (χ1) is 7.35. The topological polar surface area (TPSA) is 66.8 Å². The van der Waals surface area contributed by atoms with Crippen molar-refractivity contribution in [2.45, 2.75) is 32.8 Å². The van der Waals surface area contributed by atoms with Crippen LogP contribution >= 0.6 is 0 Å². The van der Waals surface area contributed by atoms with Crippen LogP contribution in [-0.4, -0.2) is 21.8 Å². The van der Waals surface area contributed by atoms with Gasteiger partial charge in [0, 0.05) is 0 Å². The van der Waals surface area contributed by atoms with Crippen molar-refractivity contribution in [1.29, 1.82) is 0 Å². The first kappa shape index (κ1) is 12.4. The summed E-state index contributed by atoms with van der Waals surface area (Å²) < 4.78 is 5.20. The minimum absolute atomic E-state index is 0.0264. The van der Waals surface area contributed by atoms with Crippen LogP contribution in [0.4, 0.5) is 0 Å². The molecule has 0 aliphatic carbocycles. The average molecular weight is 224 g/mol. The molecule has 0 heterocycles. The molecule has 4 heteroatoms. The minimum atomic E-state index is -0.639. The highest BCUT2D eigenvalue weighted by Gasteiger charge is 2.23. The molecule has 0 aliphatic heterocycles. The van der Waals surface area contributed by atoms with Crippen molar-refractivity contribution in [2.24, 2.45) is 0 Å². The van der Waals surface area contributed by atoms with Crippen molar-refractivity contribution < 1.29 is 19.7 Å². The van der Waals surface area contributed by atoms with Gasteiger partial charge in [0.25, 0.3) is 0 Å². The number of phenolic OH excluding ortho intramolecular Hbond substituents is 2. The van der Waals surface area contributed by atoms with Gasteiger partial charge in [-0.2, -0.15) is 0 Å². The molecule has 0 saturated heterocycles. The van der Waals surface area contributed by atoms with Gasteiger partial charge in [0.05, 0.1) is 0 Å². The van der Waals surface area contributed by atoms with Crippen LogP contribution in [0.5, 0.6) is 11.5 Å². The Morgan fingerprint density at radius 2 is 2.00 bits per heavy atom. The second kappa shape index (κ2) is 4.43. The lowest BCUT2D eigenvalue weighted by atomic mass is 10.1. The normalized spacial score (nSPS) is 11.2. The number of carbonyl (C=O) groups excluding carboxylic acids is 1. The quantitative estimate of drug-likeness (QED) is 0.611. The summed E-state index contributed by atoms with van der Waals surface area (Å²) >= 11 is 0. The van der Waals surface area contributed by atoms with E-state index in [0.717, 1.165) is 0 Å². The summed E-state index contributed by atoms with van der Waals surface area (Å²) in [6, 6.07) is 3.74. The number of carbonyl (C=O) groups is 1. The van der Waals surface area contributed by atoms with E-state index < -0.39 is 11.6 Å². The molecule has 88 valence electrons. The molecule has 0 fully saturated rings. The number of esters is 1. The van der Waals surface area contributed by atoms with Gasteiger partial charge in [0.2, 0.25) is 0 Å². The van der Waals surface area contributed by atoms with E-state index in [1.165, 1.54) is 18.2 Å². The van der Waals surface area contributed by atoms with Crippen molar-refractivity contribution in [3.63, 3.8) is 0 Å². The van der Waals surface area contributed by atoms with Gasteiger partial charge in [-0.1, -0.05) is 6.92 Å². The Bertz CT molecular complexity index is 396. The van der Waals surface area contributed by atoms with Gasteiger partial charge in [0.15, 0.2) is 0 Å². The van der Waals surface area contributed by atoms with Crippen molar-refractivity contribution in [1.82, 2.24) is 0 Å². The van der Waals surface area contributed by atoms with Crippen LogP contribution in [0.25, 0.3) is 0 Å². The molecule has 0 spiro atoms. The predicted octanol–water partition coefficient (Wildman–Crippen LogP) is 2.44. The molecule has 0 aliphatic rings. The molecule has 1 rings (SSSR count). The van der Waals surface area contributed by atoms with Crippen molar-refractivity contribution in [3.05, 3.63) is 23.8 Å². The lowest BCUT2D eigenvalue weighted by Gasteiger charge is -2.23. The number of hydrogen-bond acceptors (Lipinski definition) is 4. The Morgan fingerprint density at radius 1 is 1.38 bits per heavy atom. The number of hydrogen-bond donors (Lipinski definition) is 2. The Hall–Kier alpha value is -1.71. The average Bonchev–Trinajstić information content (AvgIpc) is 2.21. The zero-order valence-corrected chi connectivity index (χ0v) is 9.65. The molecule has 0 radical (unpaired) electrons. The van der Waals surface area contributed by atoms with Crippen molar-refractivity contribution in [3.8, 4) is 11.5 Å². The predicted molar refractivity (Wildman–Crippen MR) is 59.6 cm³/mol. The maximum atomic E-state index is 11.7. The van der Waals surface area contributed by atoms with Gasteiger partial charge < -0.3 is 14.9 Å². The lowest BCUT2D eigenvalue weighted by molar-refractivity contribution is -0.00272. The molecule has 16 heavy (non-hydrogen) atoms. The molecule has 1 aromatic rings. The first-order valence-corrected chi connectivity index (χ1v) is 5.11. The molecule has 0 saturated carbocycles. The molecule has 0 aromatic heterocycles. The summed E-state index contributed by atoms with van der Waals surface area (Å²) in [5.74, 6) is -0.922. The van der Waals surface area contributed by atoms with Crippen LogP contribution in [0.1, 0.15) is 37.6 Å². The maximum Gasteiger partial charge on any atom is 0.342 e. The summed E-state index contributed by atoms with van der Waals surface area (Å²) in [6.07, 6.45) is 0.665. The fraction of sp³-hybridized carbons (Fsp3) is 0.417. The molecule has 4 nitrogen and oxygen atoms in total. The summed E-state index contributed by atoms with van der Waals surface area (Å²) in [5.41, 5.74) is -0.615. The Kier molecular flexibility index (Phi) is 3.42. The van der Waals surface area contributed by atoms with Gasteiger partial charge in [-0.05, 0) is 38.5 Å². The molecular weight excluding hydrogens is 208 g/mol. The van der Waals surface area contributed by atoms with Crippen molar-refractivity contribution in [2.75, 3.05) is 0 Å². The minimum Gasteiger partial charge on any atom is -0.508 e. The van der Waals surface area contributed by atoms with E-state index in [-0.39, 0.29) is 17.1 Å². The fourth-order valence-electron chi connectivity index (χ4n) is 1.07. The third-order valence-corrected chi connectivity index (χ3v) is 2.42. The monoisotopic (exact) mass is 224 g/mol. The zero-order valence-electron chi connectivity index (χ0n) is 9.65. The summed E-state index contributed by atoms with van der Waals surface area (Å²) in [7, 11) is 0. The highest BCUT2D eigenvalue weighted by molar-refractivity contribution is 5.93. The van der Waals surface area contributed by atoms with Crippen LogP contribution in [-0.2, 0) is 4.74 Å². The Morgan fingerprint density at radius 3 is 2.56 bits per heavy atom. The largest absolute Gasteiger partial charge is 0.508 e. The van der Waals surface area contributed by atoms with E-state index in [0.29, 0.717) is 6.42 Å². The van der Waals surface area contributed by atoms with Crippen LogP contribution in [0.3, 0.4) is 0 Å². The van der Waals surface area contributed by atoms with E-state index >= 15 is 0 Å². The third kappa shape index (κ3) is 2.89. The molecular formula is C12H16O4. The Balaban J connectivity index is 2.93. The fourth-order valence-corrected chi connectivity index (χ4v) is 1.07. The number of phenols is 2. The second-order valence-electron chi connectivity index (χ2n) is 4.20. The second-order valence-corrected chi connectivity index (χ2v) is 4.20. The number of ether oxygens (including phenoxy) is 1. The lowest BCUT2D eigenvalue weighted by Crippen LogP contribution is -2.27. The number of benzene rings is 1. The Labute approximate surface area is 94.5 Å². The van der Waals surface area contributed by atoms with E-state index in [1.807, 2.05) is 6.92 Å². The van der Waals surface area contributed by atoms with E-state index in [2.05, 4.69) is 0 Å². The smallest absolute Gasteiger partial charge is 0.342 e. The van der Waals surface area contributed by atoms with Crippen LogP contribution in [0.15, 0.2) is 18.2 Å². The van der Waals surface area contributed by atoms with Crippen LogP contribution in [0, 0.1) is 0 Å². The first-order valence-electron chi connectivity index (χ1n) is 5.11.